The molecule has 7 nitrogen and oxygen atoms in total. The third-order valence-electron chi connectivity index (χ3n) is 5.09. The van der Waals surface area contributed by atoms with Crippen LogP contribution in [0.25, 0.3) is 0 Å². The SMILES string of the molecule is C[C@H](N)c1ccc(N=C(c2ccccc2)C2C(=O)Nc3ccc([N+](=O)[O-])cc32)cc1. The predicted molar refractivity (Wildman–Crippen MR) is 116 cm³/mol. The number of non-ortho nitro benzene ring substituents is 1. The zero-order chi connectivity index (χ0) is 21.3. The lowest BCUT2D eigenvalue weighted by Crippen LogP contribution is -2.22. The maximum atomic E-state index is 12.9. The molecule has 3 aromatic rings. The van der Waals surface area contributed by atoms with E-state index in [1.165, 1.54) is 12.1 Å². The molecule has 1 aliphatic heterocycles. The fourth-order valence-electron chi connectivity index (χ4n) is 3.53. The molecule has 7 heteroatoms. The topological polar surface area (TPSA) is 111 Å². The van der Waals surface area contributed by atoms with E-state index < -0.39 is 10.8 Å². The molecule has 3 aromatic carbocycles. The standard InChI is InChI=1S/C23H20N4O3/c1-14(24)15-7-9-17(10-8-15)25-22(16-5-3-2-4-6-16)21-19-13-18(27(29)30)11-12-20(19)26-23(21)28/h2-14,21H,24H2,1H3,(H,26,28)/t14-,21?/m0/s1. The van der Waals surface area contributed by atoms with Gasteiger partial charge in [0, 0.05) is 29.4 Å². The number of hydrogen-bond acceptors (Lipinski definition) is 5. The first-order valence-electron chi connectivity index (χ1n) is 9.53. The Labute approximate surface area is 173 Å². The number of nitrogens with two attached hydrogens (primary N) is 1. The van der Waals surface area contributed by atoms with Crippen molar-refractivity contribution >= 4 is 28.7 Å². The molecule has 0 aliphatic carbocycles. The van der Waals surface area contributed by atoms with Gasteiger partial charge in [-0.05, 0) is 36.2 Å². The van der Waals surface area contributed by atoms with E-state index in [1.54, 1.807) is 6.07 Å². The summed E-state index contributed by atoms with van der Waals surface area (Å²) in [7, 11) is 0. The smallest absolute Gasteiger partial charge is 0.269 e. The van der Waals surface area contributed by atoms with Gasteiger partial charge in [0.15, 0.2) is 0 Å². The molecular weight excluding hydrogens is 380 g/mol. The molecule has 0 saturated carbocycles. The Bertz CT molecular complexity index is 1140. The van der Waals surface area contributed by atoms with Gasteiger partial charge in [0.25, 0.3) is 5.69 Å². The Morgan fingerprint density at radius 1 is 1.10 bits per heavy atom. The largest absolute Gasteiger partial charge is 0.325 e. The first kappa shape index (κ1) is 19.5. The van der Waals surface area contributed by atoms with Gasteiger partial charge in [-0.15, -0.1) is 0 Å². The highest BCUT2D eigenvalue weighted by Crippen LogP contribution is 2.38. The van der Waals surface area contributed by atoms with Gasteiger partial charge in [-0.25, -0.2) is 0 Å². The van der Waals surface area contributed by atoms with Crippen LogP contribution in [0.15, 0.2) is 77.8 Å². The van der Waals surface area contributed by atoms with Crippen LogP contribution in [0.4, 0.5) is 17.1 Å². The summed E-state index contributed by atoms with van der Waals surface area (Å²) in [4.78, 5) is 28.5. The Kier molecular flexibility index (Phi) is 5.12. The third kappa shape index (κ3) is 3.70. The summed E-state index contributed by atoms with van der Waals surface area (Å²) in [5.74, 6) is -1.02. The van der Waals surface area contributed by atoms with Crippen molar-refractivity contribution in [2.75, 3.05) is 5.32 Å². The van der Waals surface area contributed by atoms with Crippen LogP contribution in [0.5, 0.6) is 0 Å². The van der Waals surface area contributed by atoms with Gasteiger partial charge in [-0.2, -0.15) is 0 Å². The molecule has 1 unspecified atom stereocenters. The summed E-state index contributed by atoms with van der Waals surface area (Å²) in [5, 5.41) is 14.1. The molecule has 0 spiro atoms. The van der Waals surface area contributed by atoms with Crippen LogP contribution < -0.4 is 11.1 Å². The number of aliphatic imine (C=N–C) groups is 1. The van der Waals surface area contributed by atoms with Gasteiger partial charge in [0.1, 0.15) is 5.92 Å². The molecule has 3 N–H and O–H groups in total. The van der Waals surface area contributed by atoms with Gasteiger partial charge >= 0.3 is 0 Å². The molecule has 1 heterocycles. The highest BCUT2D eigenvalue weighted by molar-refractivity contribution is 6.24. The van der Waals surface area contributed by atoms with Crippen molar-refractivity contribution in [2.24, 2.45) is 10.7 Å². The number of carbonyl (C=O) groups excluding carboxylic acids is 1. The number of benzene rings is 3. The summed E-state index contributed by atoms with van der Waals surface area (Å²) in [6.07, 6.45) is 0. The van der Waals surface area contributed by atoms with E-state index in [0.717, 1.165) is 11.1 Å². The Hall–Kier alpha value is -3.84. The van der Waals surface area contributed by atoms with E-state index in [0.29, 0.717) is 22.6 Å². The van der Waals surface area contributed by atoms with Crippen molar-refractivity contribution in [1.82, 2.24) is 0 Å². The minimum atomic E-state index is -0.754. The number of nitrogens with one attached hydrogen (secondary N) is 1. The molecule has 0 saturated heterocycles. The fourth-order valence-corrected chi connectivity index (χ4v) is 3.53. The van der Waals surface area contributed by atoms with Crippen LogP contribution >= 0.6 is 0 Å². The van der Waals surface area contributed by atoms with Gasteiger partial charge in [0.05, 0.1) is 16.3 Å². The van der Waals surface area contributed by atoms with Crippen molar-refractivity contribution in [1.29, 1.82) is 0 Å². The molecule has 30 heavy (non-hydrogen) atoms. The molecule has 150 valence electrons. The van der Waals surface area contributed by atoms with E-state index in [9.17, 15) is 14.9 Å². The van der Waals surface area contributed by atoms with Gasteiger partial charge in [-0.3, -0.25) is 19.9 Å². The molecule has 4 rings (SSSR count). The average molecular weight is 400 g/mol. The lowest BCUT2D eigenvalue weighted by Gasteiger charge is -2.14. The van der Waals surface area contributed by atoms with E-state index in [2.05, 4.69) is 5.32 Å². The van der Waals surface area contributed by atoms with Crippen molar-refractivity contribution in [3.8, 4) is 0 Å². The van der Waals surface area contributed by atoms with E-state index in [4.69, 9.17) is 10.7 Å². The summed E-state index contributed by atoms with van der Waals surface area (Å²) >= 11 is 0. The van der Waals surface area contributed by atoms with Crippen LogP contribution in [0.3, 0.4) is 0 Å². The number of nitro groups is 1. The first-order chi connectivity index (χ1) is 14.4. The number of rotatable bonds is 5. The number of carbonyl (C=O) groups is 1. The van der Waals surface area contributed by atoms with Crippen LogP contribution in [0.2, 0.25) is 0 Å². The summed E-state index contributed by atoms with van der Waals surface area (Å²) in [6.45, 7) is 1.90. The second-order valence-corrected chi connectivity index (χ2v) is 7.19. The van der Waals surface area contributed by atoms with Gasteiger partial charge in [0.2, 0.25) is 5.91 Å². The molecule has 1 aliphatic rings. The highest BCUT2D eigenvalue weighted by atomic mass is 16.6. The van der Waals surface area contributed by atoms with E-state index in [1.807, 2.05) is 61.5 Å². The number of anilines is 1. The third-order valence-corrected chi connectivity index (χ3v) is 5.09. The quantitative estimate of drug-likeness (QED) is 0.374. The normalized spacial score (nSPS) is 16.7. The number of fused-ring (bicyclic) bond motifs is 1. The second kappa shape index (κ2) is 7.88. The lowest BCUT2D eigenvalue weighted by atomic mass is 9.90. The number of amides is 1. The van der Waals surface area contributed by atoms with Crippen LogP contribution in [0, 0.1) is 10.1 Å². The summed E-state index contributed by atoms with van der Waals surface area (Å²) < 4.78 is 0. The molecule has 2 atom stereocenters. The van der Waals surface area contributed by atoms with Gasteiger partial charge in [-0.1, -0.05) is 42.5 Å². The molecule has 0 aromatic heterocycles. The summed E-state index contributed by atoms with van der Waals surface area (Å²) in [5.41, 5.74) is 9.92. The minimum absolute atomic E-state index is 0.0658. The van der Waals surface area contributed by atoms with Crippen molar-refractivity contribution in [3.63, 3.8) is 0 Å². The maximum Gasteiger partial charge on any atom is 0.269 e. The Morgan fingerprint density at radius 2 is 1.80 bits per heavy atom. The molecule has 0 radical (unpaired) electrons. The van der Waals surface area contributed by atoms with Gasteiger partial charge < -0.3 is 11.1 Å². The minimum Gasteiger partial charge on any atom is -0.325 e. The summed E-state index contributed by atoms with van der Waals surface area (Å²) in [6, 6.07) is 21.2. The van der Waals surface area contributed by atoms with Crippen LogP contribution in [-0.2, 0) is 4.79 Å². The molecular formula is C23H20N4O3. The van der Waals surface area contributed by atoms with Crippen LogP contribution in [-0.4, -0.2) is 16.5 Å². The Morgan fingerprint density at radius 3 is 2.43 bits per heavy atom. The number of nitrogens with zero attached hydrogens (tertiary/aromatic N) is 2. The maximum absolute atomic E-state index is 12.9. The Balaban J connectivity index is 1.85. The van der Waals surface area contributed by atoms with Crippen molar-refractivity contribution in [2.45, 2.75) is 18.9 Å². The zero-order valence-electron chi connectivity index (χ0n) is 16.3. The number of nitro benzene ring substituents is 1. The predicted octanol–water partition coefficient (Wildman–Crippen LogP) is 4.47. The monoisotopic (exact) mass is 400 g/mol. The van der Waals surface area contributed by atoms with Crippen molar-refractivity contribution in [3.05, 3.63) is 99.6 Å². The zero-order valence-corrected chi connectivity index (χ0v) is 16.3. The van der Waals surface area contributed by atoms with Crippen LogP contribution in [0.1, 0.15) is 35.6 Å². The van der Waals surface area contributed by atoms with E-state index >= 15 is 0 Å². The lowest BCUT2D eigenvalue weighted by molar-refractivity contribution is -0.384. The first-order valence-corrected chi connectivity index (χ1v) is 9.53. The molecule has 0 fully saturated rings. The fraction of sp³-hybridized carbons (Fsp3) is 0.130. The second-order valence-electron chi connectivity index (χ2n) is 7.19. The van der Waals surface area contributed by atoms with E-state index in [-0.39, 0.29) is 17.6 Å². The number of hydrogen-bond donors (Lipinski definition) is 2. The van der Waals surface area contributed by atoms with Crippen molar-refractivity contribution < 1.29 is 9.72 Å². The molecule has 0 bridgehead atoms. The average Bonchev–Trinajstić information content (AvgIpc) is 3.07. The molecule has 1 amide bonds. The highest BCUT2D eigenvalue weighted by Gasteiger charge is 2.36.